The number of aliphatic carboxylic acids is 1. The maximum atomic E-state index is 11.8. The number of carbonyl (C=O) groups excluding carboxylic acids is 1. The molecule has 0 saturated carbocycles. The van der Waals surface area contributed by atoms with Crippen molar-refractivity contribution < 1.29 is 24.2 Å². The van der Waals surface area contributed by atoms with Crippen LogP contribution in [0, 0.1) is 12.8 Å². The third-order valence-electron chi connectivity index (χ3n) is 3.25. The van der Waals surface area contributed by atoms with E-state index in [1.807, 2.05) is 19.1 Å². The van der Waals surface area contributed by atoms with E-state index in [9.17, 15) is 9.59 Å². The van der Waals surface area contributed by atoms with Crippen LogP contribution in [0.25, 0.3) is 0 Å². The van der Waals surface area contributed by atoms with Gasteiger partial charge in [-0.15, -0.1) is 0 Å². The number of carboxylic acid groups (broad SMARTS) is 1. The zero-order valence-electron chi connectivity index (χ0n) is 11.5. The fourth-order valence-corrected chi connectivity index (χ4v) is 1.96. The van der Waals surface area contributed by atoms with Gasteiger partial charge in [0.05, 0.1) is 13.0 Å². The Morgan fingerprint density at radius 3 is 2.65 bits per heavy atom. The normalized spacial score (nSPS) is 14.6. The summed E-state index contributed by atoms with van der Waals surface area (Å²) < 4.78 is 10.6. The smallest absolute Gasteiger partial charge is 0.310 e. The van der Waals surface area contributed by atoms with Crippen molar-refractivity contribution in [3.63, 3.8) is 0 Å². The third-order valence-corrected chi connectivity index (χ3v) is 3.25. The molecule has 1 aliphatic rings. The Hall–Kier alpha value is -2.24. The van der Waals surface area contributed by atoms with Gasteiger partial charge in [-0.3, -0.25) is 9.59 Å². The Morgan fingerprint density at radius 2 is 2.05 bits per heavy atom. The minimum absolute atomic E-state index is 0.119. The quantitative estimate of drug-likeness (QED) is 0.867. The average molecular weight is 279 g/mol. The van der Waals surface area contributed by atoms with Crippen LogP contribution in [0.2, 0.25) is 0 Å². The van der Waals surface area contributed by atoms with Crippen molar-refractivity contribution in [2.24, 2.45) is 5.92 Å². The van der Waals surface area contributed by atoms with Crippen LogP contribution in [0.15, 0.2) is 18.2 Å². The van der Waals surface area contributed by atoms with Crippen molar-refractivity contribution in [1.82, 2.24) is 4.90 Å². The number of carbonyl (C=O) groups is 2. The molecule has 0 spiro atoms. The molecule has 0 aliphatic carbocycles. The van der Waals surface area contributed by atoms with Gasteiger partial charge in [-0.05, 0) is 24.6 Å². The summed E-state index contributed by atoms with van der Waals surface area (Å²) in [6.07, 6.45) is 0. The molecule has 0 radical (unpaired) electrons. The van der Waals surface area contributed by atoms with E-state index in [0.29, 0.717) is 11.5 Å². The zero-order valence-corrected chi connectivity index (χ0v) is 11.5. The fourth-order valence-electron chi connectivity index (χ4n) is 1.96. The molecule has 6 nitrogen and oxygen atoms in total. The average Bonchev–Trinajstić information content (AvgIpc) is 2.34. The SMILES string of the molecule is COc1cc(C)ccc1OCC(=O)N1CC(C(=O)O)C1. The number of rotatable bonds is 5. The van der Waals surface area contributed by atoms with Crippen LogP contribution >= 0.6 is 0 Å². The Balaban J connectivity index is 1.87. The number of carboxylic acids is 1. The molecular weight excluding hydrogens is 262 g/mol. The molecule has 20 heavy (non-hydrogen) atoms. The van der Waals surface area contributed by atoms with Crippen LogP contribution in [0.1, 0.15) is 5.56 Å². The molecule has 6 heteroatoms. The predicted octanol–water partition coefficient (Wildman–Crippen LogP) is 0.925. The van der Waals surface area contributed by atoms with Gasteiger partial charge in [-0.2, -0.15) is 0 Å². The molecule has 0 aromatic heterocycles. The standard InChI is InChI=1S/C14H17NO5/c1-9-3-4-11(12(5-9)19-2)20-8-13(16)15-6-10(7-15)14(17)18/h3-5,10H,6-8H2,1-2H3,(H,17,18). The molecule has 0 atom stereocenters. The molecule has 1 saturated heterocycles. The number of amides is 1. The zero-order chi connectivity index (χ0) is 14.7. The third kappa shape index (κ3) is 3.01. The lowest BCUT2D eigenvalue weighted by Gasteiger charge is -2.36. The second-order valence-electron chi connectivity index (χ2n) is 4.78. The molecular formula is C14H17NO5. The molecule has 1 aliphatic heterocycles. The number of hydrogen-bond acceptors (Lipinski definition) is 4. The van der Waals surface area contributed by atoms with E-state index in [1.165, 1.54) is 12.0 Å². The lowest BCUT2D eigenvalue weighted by molar-refractivity contribution is -0.153. The number of aryl methyl sites for hydroxylation is 1. The summed E-state index contributed by atoms with van der Waals surface area (Å²) in [6.45, 7) is 2.32. The molecule has 108 valence electrons. The van der Waals surface area contributed by atoms with Gasteiger partial charge in [0.2, 0.25) is 0 Å². The molecule has 1 heterocycles. The van der Waals surface area contributed by atoms with Gasteiger partial charge in [0.15, 0.2) is 18.1 Å². The molecule has 1 aromatic carbocycles. The number of likely N-dealkylation sites (tertiary alicyclic amines) is 1. The minimum Gasteiger partial charge on any atom is -0.493 e. The summed E-state index contributed by atoms with van der Waals surface area (Å²) in [4.78, 5) is 23.9. The second kappa shape index (κ2) is 5.81. The maximum absolute atomic E-state index is 11.8. The Morgan fingerprint density at radius 1 is 1.35 bits per heavy atom. The van der Waals surface area contributed by atoms with Gasteiger partial charge in [0.25, 0.3) is 5.91 Å². The van der Waals surface area contributed by atoms with Gasteiger partial charge in [0, 0.05) is 13.1 Å². The van der Waals surface area contributed by atoms with Crippen molar-refractivity contribution in [3.8, 4) is 11.5 Å². The van der Waals surface area contributed by atoms with Gasteiger partial charge >= 0.3 is 5.97 Å². The van der Waals surface area contributed by atoms with Gasteiger partial charge < -0.3 is 19.5 Å². The lowest BCUT2D eigenvalue weighted by Crippen LogP contribution is -2.54. The summed E-state index contributed by atoms with van der Waals surface area (Å²) in [7, 11) is 1.54. The monoisotopic (exact) mass is 279 g/mol. The predicted molar refractivity (Wildman–Crippen MR) is 70.9 cm³/mol. The first-order chi connectivity index (χ1) is 9.51. The molecule has 1 N–H and O–H groups in total. The summed E-state index contributed by atoms with van der Waals surface area (Å²) >= 11 is 0. The van der Waals surface area contributed by atoms with Crippen LogP contribution in [-0.2, 0) is 9.59 Å². The van der Waals surface area contributed by atoms with E-state index in [1.54, 1.807) is 6.07 Å². The number of hydrogen-bond donors (Lipinski definition) is 1. The van der Waals surface area contributed by atoms with Crippen molar-refractivity contribution in [1.29, 1.82) is 0 Å². The van der Waals surface area contributed by atoms with E-state index >= 15 is 0 Å². The van der Waals surface area contributed by atoms with E-state index in [-0.39, 0.29) is 25.6 Å². The van der Waals surface area contributed by atoms with E-state index in [0.717, 1.165) is 5.56 Å². The summed E-state index contributed by atoms with van der Waals surface area (Å²) in [5.41, 5.74) is 1.03. The fraction of sp³-hybridized carbons (Fsp3) is 0.429. The first-order valence-corrected chi connectivity index (χ1v) is 6.29. The van der Waals surface area contributed by atoms with Gasteiger partial charge in [0.1, 0.15) is 0 Å². The molecule has 0 bridgehead atoms. The highest BCUT2D eigenvalue weighted by atomic mass is 16.5. The molecule has 1 aromatic rings. The molecule has 0 unspecified atom stereocenters. The Labute approximate surface area is 116 Å². The lowest BCUT2D eigenvalue weighted by atomic mass is 10.0. The van der Waals surface area contributed by atoms with Gasteiger partial charge in [-0.1, -0.05) is 6.07 Å². The van der Waals surface area contributed by atoms with Gasteiger partial charge in [-0.25, -0.2) is 0 Å². The summed E-state index contributed by atoms with van der Waals surface area (Å²) in [6, 6.07) is 5.44. The van der Waals surface area contributed by atoms with Crippen molar-refractivity contribution >= 4 is 11.9 Å². The first-order valence-electron chi connectivity index (χ1n) is 6.29. The van der Waals surface area contributed by atoms with E-state index in [2.05, 4.69) is 0 Å². The van der Waals surface area contributed by atoms with Crippen molar-refractivity contribution in [2.45, 2.75) is 6.92 Å². The van der Waals surface area contributed by atoms with E-state index in [4.69, 9.17) is 14.6 Å². The van der Waals surface area contributed by atoms with Crippen LogP contribution in [0.4, 0.5) is 0 Å². The molecule has 2 rings (SSSR count). The van der Waals surface area contributed by atoms with Crippen LogP contribution in [-0.4, -0.2) is 48.7 Å². The van der Waals surface area contributed by atoms with Crippen LogP contribution in [0.3, 0.4) is 0 Å². The highest BCUT2D eigenvalue weighted by Gasteiger charge is 2.35. The van der Waals surface area contributed by atoms with Crippen molar-refractivity contribution in [2.75, 3.05) is 26.8 Å². The van der Waals surface area contributed by atoms with Crippen molar-refractivity contribution in [3.05, 3.63) is 23.8 Å². The highest BCUT2D eigenvalue weighted by Crippen LogP contribution is 2.28. The minimum atomic E-state index is -0.866. The summed E-state index contributed by atoms with van der Waals surface area (Å²) in [5, 5.41) is 8.75. The topological polar surface area (TPSA) is 76.1 Å². The van der Waals surface area contributed by atoms with Crippen LogP contribution < -0.4 is 9.47 Å². The number of ether oxygens (including phenoxy) is 2. The second-order valence-corrected chi connectivity index (χ2v) is 4.78. The first kappa shape index (κ1) is 14.2. The largest absolute Gasteiger partial charge is 0.493 e. The highest BCUT2D eigenvalue weighted by molar-refractivity contribution is 5.82. The number of methoxy groups -OCH3 is 1. The maximum Gasteiger partial charge on any atom is 0.310 e. The molecule has 1 amide bonds. The number of benzene rings is 1. The van der Waals surface area contributed by atoms with E-state index < -0.39 is 11.9 Å². The summed E-state index contributed by atoms with van der Waals surface area (Å²) in [5.74, 6) is -0.459. The Kier molecular flexibility index (Phi) is 4.12. The Bertz CT molecular complexity index is 522. The molecule has 1 fully saturated rings. The van der Waals surface area contributed by atoms with Crippen LogP contribution in [0.5, 0.6) is 11.5 Å². The number of nitrogens with zero attached hydrogens (tertiary/aromatic N) is 1.